The lowest BCUT2D eigenvalue weighted by Crippen LogP contribution is -2.64. The molecule has 1 heterocycles. The minimum Gasteiger partial charge on any atom is -0.458 e. The zero-order chi connectivity index (χ0) is 35.2. The number of ether oxygens (including phenoxy) is 2. The number of ketones is 2. The molecule has 8 N–H and O–H groups in total. The van der Waals surface area contributed by atoms with Crippen LogP contribution in [-0.4, -0.2) is 113 Å². The Morgan fingerprint density at radius 2 is 1.66 bits per heavy atom. The van der Waals surface area contributed by atoms with Crippen molar-refractivity contribution in [1.29, 1.82) is 0 Å². The fraction of sp³-hybridized carbons (Fsp3) is 0.829. The van der Waals surface area contributed by atoms with Crippen LogP contribution in [0.4, 0.5) is 0 Å². The first-order chi connectivity index (χ1) is 21.6. The maximum absolute atomic E-state index is 14.5. The molecule has 4 aliphatic carbocycles. The summed E-state index contributed by atoms with van der Waals surface area (Å²) in [6.07, 6.45) is -6.89. The Labute approximate surface area is 276 Å². The normalized spacial score (nSPS) is 45.9. The van der Waals surface area contributed by atoms with Crippen LogP contribution in [-0.2, 0) is 19.1 Å². The van der Waals surface area contributed by atoms with Crippen molar-refractivity contribution in [2.24, 2.45) is 34.0 Å². The molecule has 0 bridgehead atoms. The minimum atomic E-state index is -1.75. The molecule has 0 aromatic heterocycles. The summed E-state index contributed by atoms with van der Waals surface area (Å²) in [5.74, 6) is -2.21. The first-order valence-electron chi connectivity index (χ1n) is 16.8. The number of aliphatic hydroxyl groups excluding tert-OH is 6. The third-order valence-corrected chi connectivity index (χ3v) is 13.1. The van der Waals surface area contributed by atoms with Crippen LogP contribution >= 0.6 is 0 Å². The van der Waals surface area contributed by atoms with E-state index in [1.165, 1.54) is 6.92 Å². The molecule has 12 heteroatoms. The molecule has 12 nitrogen and oxygen atoms in total. The average Bonchev–Trinajstić information content (AvgIpc) is 3.18. The van der Waals surface area contributed by atoms with Gasteiger partial charge in [0.05, 0.1) is 30.0 Å². The fourth-order valence-corrected chi connectivity index (χ4v) is 10.3. The highest BCUT2D eigenvalue weighted by Gasteiger charge is 2.74. The molecule has 1 saturated heterocycles. The predicted octanol–water partition coefficient (Wildman–Crippen LogP) is 0.648. The largest absolute Gasteiger partial charge is 0.458 e. The van der Waals surface area contributed by atoms with E-state index in [1.54, 1.807) is 20.8 Å². The zero-order valence-electron chi connectivity index (χ0n) is 28.5. The van der Waals surface area contributed by atoms with Gasteiger partial charge in [-0.25, -0.2) is 0 Å². The first-order valence-corrected chi connectivity index (χ1v) is 16.8. The summed E-state index contributed by atoms with van der Waals surface area (Å²) < 4.78 is 11.3. The van der Waals surface area contributed by atoms with Crippen LogP contribution in [0, 0.1) is 34.0 Å². The van der Waals surface area contributed by atoms with E-state index in [2.05, 4.69) is 0 Å². The third kappa shape index (κ3) is 5.47. The monoisotopic (exact) mass is 666 g/mol. The number of carbonyl (C=O) groups excluding carboxylic acids is 2. The number of allylic oxidation sites excluding steroid dienone is 4. The van der Waals surface area contributed by atoms with Crippen molar-refractivity contribution in [3.63, 3.8) is 0 Å². The molecule has 0 aromatic carbocycles. The van der Waals surface area contributed by atoms with Crippen LogP contribution in [0.15, 0.2) is 23.0 Å². The van der Waals surface area contributed by atoms with Crippen molar-refractivity contribution in [1.82, 2.24) is 0 Å². The number of carbonyl (C=O) groups is 2. The summed E-state index contributed by atoms with van der Waals surface area (Å²) in [6, 6.07) is 0. The highest BCUT2D eigenvalue weighted by molar-refractivity contribution is 5.99. The Kier molecular flexibility index (Phi) is 9.29. The fourth-order valence-electron chi connectivity index (χ4n) is 10.3. The van der Waals surface area contributed by atoms with Gasteiger partial charge in [-0.1, -0.05) is 26.8 Å². The van der Waals surface area contributed by atoms with Gasteiger partial charge < -0.3 is 50.3 Å². The average molecular weight is 667 g/mol. The van der Waals surface area contributed by atoms with Gasteiger partial charge in [-0.3, -0.25) is 9.59 Å². The third-order valence-electron chi connectivity index (χ3n) is 13.1. The topological polar surface area (TPSA) is 214 Å². The number of rotatable bonds is 8. The van der Waals surface area contributed by atoms with Crippen molar-refractivity contribution in [3.05, 3.63) is 23.0 Å². The van der Waals surface area contributed by atoms with Gasteiger partial charge in [0.1, 0.15) is 30.2 Å². The second-order valence-electron chi connectivity index (χ2n) is 16.5. The molecular formula is C35H54O12. The predicted molar refractivity (Wildman–Crippen MR) is 167 cm³/mol. The van der Waals surface area contributed by atoms with E-state index < -0.39 is 94.6 Å². The molecule has 14 atom stereocenters. The number of hydrogen-bond acceptors (Lipinski definition) is 12. The molecule has 0 amide bonds. The van der Waals surface area contributed by atoms with Crippen molar-refractivity contribution in [2.75, 3.05) is 6.61 Å². The summed E-state index contributed by atoms with van der Waals surface area (Å²) in [5, 5.41) is 85.4. The van der Waals surface area contributed by atoms with E-state index in [0.717, 1.165) is 5.57 Å². The molecule has 1 aliphatic heterocycles. The van der Waals surface area contributed by atoms with Gasteiger partial charge in [0.2, 0.25) is 6.29 Å². The van der Waals surface area contributed by atoms with Crippen molar-refractivity contribution in [2.45, 2.75) is 141 Å². The SMILES string of the molecule is CC1=C(OC2O[C@H](CO)[C@@H](O)[C@H](O)[C@H]2O)C(=O)C[C@@H]2C1=CC[C@@H]1[C@@]2(C)C(=O)C[C@]2(C)C(C(C)(O)C(O)CCC(C)(C)O)[C@H](O)C[C@@]12C. The van der Waals surface area contributed by atoms with Crippen LogP contribution in [0.2, 0.25) is 0 Å². The molecule has 0 aromatic rings. The molecule has 0 radical (unpaired) electrons. The zero-order valence-corrected chi connectivity index (χ0v) is 28.5. The summed E-state index contributed by atoms with van der Waals surface area (Å²) in [5.41, 5.74) is -4.12. The lowest BCUT2D eigenvalue weighted by atomic mass is 9.39. The molecule has 5 aliphatic rings. The molecule has 3 fully saturated rings. The highest BCUT2D eigenvalue weighted by Crippen LogP contribution is 2.73. The van der Waals surface area contributed by atoms with Crippen molar-refractivity contribution < 1.29 is 59.9 Å². The maximum Gasteiger partial charge on any atom is 0.229 e. The number of aliphatic hydroxyl groups is 8. The molecule has 0 spiro atoms. The van der Waals surface area contributed by atoms with Crippen LogP contribution < -0.4 is 0 Å². The Morgan fingerprint density at radius 1 is 1.02 bits per heavy atom. The minimum absolute atomic E-state index is 0.0293. The van der Waals surface area contributed by atoms with Crippen LogP contribution in [0.3, 0.4) is 0 Å². The number of fused-ring (bicyclic) bond motifs is 5. The maximum atomic E-state index is 14.5. The molecule has 4 unspecified atom stereocenters. The van der Waals surface area contributed by atoms with Crippen molar-refractivity contribution in [3.8, 4) is 0 Å². The van der Waals surface area contributed by atoms with Gasteiger partial charge >= 0.3 is 0 Å². The van der Waals surface area contributed by atoms with Gasteiger partial charge in [-0.2, -0.15) is 0 Å². The second kappa shape index (κ2) is 11.9. The Balaban J connectivity index is 1.47. The van der Waals surface area contributed by atoms with Gasteiger partial charge in [-0.05, 0) is 81.3 Å². The van der Waals surface area contributed by atoms with Crippen molar-refractivity contribution >= 4 is 11.6 Å². The van der Waals surface area contributed by atoms with E-state index in [9.17, 15) is 50.4 Å². The van der Waals surface area contributed by atoms with E-state index in [-0.39, 0.29) is 43.1 Å². The van der Waals surface area contributed by atoms with Crippen LogP contribution in [0.25, 0.3) is 0 Å². The van der Waals surface area contributed by atoms with E-state index in [0.29, 0.717) is 18.4 Å². The second-order valence-corrected chi connectivity index (χ2v) is 16.5. The molecular weight excluding hydrogens is 612 g/mol. The van der Waals surface area contributed by atoms with Crippen LogP contribution in [0.5, 0.6) is 0 Å². The van der Waals surface area contributed by atoms with Gasteiger partial charge in [0.15, 0.2) is 11.5 Å². The molecule has 266 valence electrons. The summed E-state index contributed by atoms with van der Waals surface area (Å²) in [7, 11) is 0. The van der Waals surface area contributed by atoms with E-state index in [4.69, 9.17) is 9.47 Å². The van der Waals surface area contributed by atoms with Gasteiger partial charge in [-0.15, -0.1) is 0 Å². The summed E-state index contributed by atoms with van der Waals surface area (Å²) in [4.78, 5) is 28.3. The molecule has 5 rings (SSSR count). The molecule has 2 saturated carbocycles. The van der Waals surface area contributed by atoms with Gasteiger partial charge in [0.25, 0.3) is 0 Å². The number of hydrogen-bond donors (Lipinski definition) is 8. The lowest BCUT2D eigenvalue weighted by Gasteiger charge is -2.63. The van der Waals surface area contributed by atoms with Crippen LogP contribution in [0.1, 0.15) is 87.0 Å². The van der Waals surface area contributed by atoms with E-state index in [1.807, 2.05) is 26.8 Å². The Bertz CT molecular complexity index is 1330. The first kappa shape index (κ1) is 36.5. The molecule has 47 heavy (non-hydrogen) atoms. The number of Topliss-reactive ketones (excluding diaryl/α,β-unsaturated/α-hetero) is 2. The standard InChI is InChI=1S/C35H54O12/c1-16-17-8-9-22-32(4)13-20(38)29(35(7,45)23(39)10-11-31(2,3)44)33(32,5)14-24(40)34(22,6)18(17)12-19(37)28(16)47-30-27(43)26(42)25(41)21(15-36)46-30/h8,18,20-23,25-27,29-30,36,38-39,41-45H,9-15H2,1-7H3/t18-,20-,21-,22+,23?,25-,26+,27-,29?,30?,32+,33-,34+,35?/m1/s1. The lowest BCUT2D eigenvalue weighted by molar-refractivity contribution is -0.291. The summed E-state index contributed by atoms with van der Waals surface area (Å²) >= 11 is 0. The highest BCUT2D eigenvalue weighted by atomic mass is 16.7. The quantitative estimate of drug-likeness (QED) is 0.179. The summed E-state index contributed by atoms with van der Waals surface area (Å²) in [6.45, 7) is 11.7. The van der Waals surface area contributed by atoms with E-state index >= 15 is 0 Å². The van der Waals surface area contributed by atoms with Gasteiger partial charge in [0, 0.05) is 30.1 Å². The Morgan fingerprint density at radius 3 is 2.26 bits per heavy atom. The Hall–Kier alpha value is -1.74. The smallest absolute Gasteiger partial charge is 0.229 e.